The zero-order valence-electron chi connectivity index (χ0n) is 19.3. The first-order chi connectivity index (χ1) is 17.3. The van der Waals surface area contributed by atoms with E-state index in [-0.39, 0.29) is 16.5 Å². The molecule has 0 spiro atoms. The highest BCUT2D eigenvalue weighted by atomic mass is 35.5. The van der Waals surface area contributed by atoms with Crippen molar-refractivity contribution in [3.8, 4) is 0 Å². The van der Waals surface area contributed by atoms with Gasteiger partial charge in [0.25, 0.3) is 5.78 Å². The number of carbonyl (C=O) groups is 2. The predicted molar refractivity (Wildman–Crippen MR) is 140 cm³/mol. The molecule has 0 radical (unpaired) electrons. The summed E-state index contributed by atoms with van der Waals surface area (Å²) in [6.07, 6.45) is 1.46. The van der Waals surface area contributed by atoms with Crippen LogP contribution in [0.4, 0.5) is 5.13 Å². The van der Waals surface area contributed by atoms with Crippen molar-refractivity contribution in [1.29, 1.82) is 0 Å². The number of aromatic nitrogens is 2. The van der Waals surface area contributed by atoms with E-state index in [0.29, 0.717) is 26.4 Å². The van der Waals surface area contributed by atoms with E-state index in [0.717, 1.165) is 16.7 Å². The first kappa shape index (κ1) is 24.3. The fraction of sp³-hybridized carbons (Fsp3) is 0.154. The average molecular weight is 538 g/mol. The topological polar surface area (TPSA) is 96.5 Å². The summed E-state index contributed by atoms with van der Waals surface area (Å²) in [5, 5.41) is 20.6. The van der Waals surface area contributed by atoms with E-state index in [1.54, 1.807) is 18.2 Å². The summed E-state index contributed by atoms with van der Waals surface area (Å²) in [5.41, 5.74) is 3.07. The SMILES string of the molecule is Cc1ccc(C)c(/C(O)=C2\C(=O)C(=O)N(c3nnc(SCc4ccccc4Cl)s3)C2c2ccco2)c1. The molecule has 5 rings (SSSR count). The zero-order chi connectivity index (χ0) is 25.4. The molecule has 1 atom stereocenters. The molecule has 1 unspecified atom stereocenters. The van der Waals surface area contributed by atoms with Crippen molar-refractivity contribution in [3.63, 3.8) is 0 Å². The Hall–Kier alpha value is -3.40. The number of furan rings is 1. The lowest BCUT2D eigenvalue weighted by molar-refractivity contribution is -0.132. The molecule has 182 valence electrons. The van der Waals surface area contributed by atoms with Gasteiger partial charge in [-0.15, -0.1) is 10.2 Å². The maximum absolute atomic E-state index is 13.2. The summed E-state index contributed by atoms with van der Waals surface area (Å²) in [6.45, 7) is 3.72. The van der Waals surface area contributed by atoms with Gasteiger partial charge < -0.3 is 9.52 Å². The summed E-state index contributed by atoms with van der Waals surface area (Å²) in [7, 11) is 0. The van der Waals surface area contributed by atoms with Gasteiger partial charge in [-0.25, -0.2) is 0 Å². The molecule has 0 saturated carbocycles. The molecule has 7 nitrogen and oxygen atoms in total. The second-order valence-electron chi connectivity index (χ2n) is 8.23. The number of amides is 1. The monoisotopic (exact) mass is 537 g/mol. The fourth-order valence-electron chi connectivity index (χ4n) is 4.00. The van der Waals surface area contributed by atoms with Crippen LogP contribution in [0.3, 0.4) is 0 Å². The third-order valence-electron chi connectivity index (χ3n) is 5.82. The highest BCUT2D eigenvalue weighted by molar-refractivity contribution is 8.00. The van der Waals surface area contributed by atoms with Gasteiger partial charge in [-0.05, 0) is 49.2 Å². The molecule has 2 aromatic carbocycles. The maximum Gasteiger partial charge on any atom is 0.302 e. The molecule has 3 heterocycles. The number of aliphatic hydroxyl groups is 1. The number of anilines is 1. The standard InChI is InChI=1S/C26H20ClN3O4S2/c1-14-9-10-15(2)17(12-14)22(31)20-21(19-8-5-11-34-19)30(24(33)23(20)32)25-28-29-26(36-25)35-13-16-6-3-4-7-18(16)27/h3-12,21,31H,13H2,1-2H3/b22-20+. The summed E-state index contributed by atoms with van der Waals surface area (Å²) in [6, 6.07) is 15.4. The van der Waals surface area contributed by atoms with Gasteiger partial charge >= 0.3 is 5.91 Å². The van der Waals surface area contributed by atoms with Crippen LogP contribution in [0.15, 0.2) is 75.2 Å². The van der Waals surface area contributed by atoms with Gasteiger partial charge in [-0.1, -0.05) is 70.6 Å². The number of hydrogen-bond donors (Lipinski definition) is 1. The second-order valence-corrected chi connectivity index (χ2v) is 10.8. The first-order valence-electron chi connectivity index (χ1n) is 11.0. The van der Waals surface area contributed by atoms with E-state index < -0.39 is 17.7 Å². The average Bonchev–Trinajstić information content (AvgIpc) is 3.61. The molecule has 4 aromatic rings. The van der Waals surface area contributed by atoms with E-state index in [1.165, 1.54) is 34.3 Å². The van der Waals surface area contributed by atoms with Gasteiger partial charge in [0.05, 0.1) is 11.8 Å². The van der Waals surface area contributed by atoms with Crippen LogP contribution >= 0.6 is 34.7 Å². The van der Waals surface area contributed by atoms with E-state index in [1.807, 2.05) is 50.2 Å². The quantitative estimate of drug-likeness (QED) is 0.101. The Balaban J connectivity index is 1.53. The molecule has 0 aliphatic carbocycles. The molecule has 2 aromatic heterocycles. The number of nitrogens with zero attached hydrogens (tertiary/aromatic N) is 3. The van der Waals surface area contributed by atoms with Crippen LogP contribution in [0, 0.1) is 13.8 Å². The molecule has 1 saturated heterocycles. The Kier molecular flexibility index (Phi) is 6.70. The van der Waals surface area contributed by atoms with Crippen LogP contribution in [0.1, 0.15) is 34.1 Å². The van der Waals surface area contributed by atoms with Gasteiger partial charge in [-0.2, -0.15) is 0 Å². The van der Waals surface area contributed by atoms with E-state index in [9.17, 15) is 14.7 Å². The minimum Gasteiger partial charge on any atom is -0.507 e. The van der Waals surface area contributed by atoms with Crippen molar-refractivity contribution in [3.05, 3.63) is 99.5 Å². The Morgan fingerprint density at radius 2 is 1.94 bits per heavy atom. The van der Waals surface area contributed by atoms with Gasteiger partial charge in [-0.3, -0.25) is 14.5 Å². The fourth-order valence-corrected chi connectivity index (χ4v) is 6.15. The highest BCUT2D eigenvalue weighted by Gasteiger charge is 2.49. The molecule has 0 bridgehead atoms. The first-order valence-corrected chi connectivity index (χ1v) is 13.1. The van der Waals surface area contributed by atoms with Crippen LogP contribution in [-0.4, -0.2) is 27.0 Å². The Labute approximate surface area is 220 Å². The predicted octanol–water partition coefficient (Wildman–Crippen LogP) is 6.32. The molecule has 1 N–H and O–H groups in total. The Morgan fingerprint density at radius 1 is 1.14 bits per heavy atom. The number of ketones is 1. The molecule has 1 aliphatic rings. The summed E-state index contributed by atoms with van der Waals surface area (Å²) in [5.74, 6) is -0.961. The van der Waals surface area contributed by atoms with E-state index in [2.05, 4.69) is 10.2 Å². The van der Waals surface area contributed by atoms with Crippen molar-refractivity contribution < 1.29 is 19.1 Å². The van der Waals surface area contributed by atoms with Crippen LogP contribution in [0.2, 0.25) is 5.02 Å². The van der Waals surface area contributed by atoms with Crippen molar-refractivity contribution in [2.45, 2.75) is 30.0 Å². The largest absolute Gasteiger partial charge is 0.507 e. The van der Waals surface area contributed by atoms with Gasteiger partial charge in [0.2, 0.25) is 5.13 Å². The van der Waals surface area contributed by atoms with Crippen LogP contribution in [0.25, 0.3) is 5.76 Å². The second kappa shape index (κ2) is 9.93. The summed E-state index contributed by atoms with van der Waals surface area (Å²) in [4.78, 5) is 27.7. The molecular formula is C26H20ClN3O4S2. The molecular weight excluding hydrogens is 518 g/mol. The van der Waals surface area contributed by atoms with Crippen molar-refractivity contribution >= 4 is 57.3 Å². The minimum absolute atomic E-state index is 0.0517. The maximum atomic E-state index is 13.2. The lowest BCUT2D eigenvalue weighted by Gasteiger charge is -2.20. The summed E-state index contributed by atoms with van der Waals surface area (Å²) >= 11 is 8.86. The van der Waals surface area contributed by atoms with E-state index >= 15 is 0 Å². The number of Topliss-reactive ketones (excluding diaryl/α,β-unsaturated/α-hetero) is 1. The number of carbonyl (C=O) groups excluding carboxylic acids is 2. The third kappa shape index (κ3) is 4.45. The number of thioether (sulfide) groups is 1. The lowest BCUT2D eigenvalue weighted by atomic mass is 9.96. The van der Waals surface area contributed by atoms with Gasteiger partial charge in [0.15, 0.2) is 4.34 Å². The van der Waals surface area contributed by atoms with Gasteiger partial charge in [0, 0.05) is 16.3 Å². The number of rotatable bonds is 6. The summed E-state index contributed by atoms with van der Waals surface area (Å²) < 4.78 is 6.22. The van der Waals surface area contributed by atoms with Crippen LogP contribution < -0.4 is 4.90 Å². The Bertz CT molecular complexity index is 1500. The zero-order valence-corrected chi connectivity index (χ0v) is 21.7. The van der Waals surface area contributed by atoms with Crippen molar-refractivity contribution in [2.75, 3.05) is 4.90 Å². The van der Waals surface area contributed by atoms with Crippen molar-refractivity contribution in [2.24, 2.45) is 0 Å². The van der Waals surface area contributed by atoms with Crippen LogP contribution in [0.5, 0.6) is 0 Å². The number of benzene rings is 2. The minimum atomic E-state index is -0.978. The molecule has 1 fully saturated rings. The van der Waals surface area contributed by atoms with Gasteiger partial charge in [0.1, 0.15) is 17.6 Å². The van der Waals surface area contributed by atoms with E-state index in [4.69, 9.17) is 16.0 Å². The number of halogens is 1. The molecule has 1 amide bonds. The molecule has 1 aliphatic heterocycles. The normalized spacial score (nSPS) is 17.2. The number of aryl methyl sites for hydroxylation is 2. The highest BCUT2D eigenvalue weighted by Crippen LogP contribution is 2.44. The number of aliphatic hydroxyl groups excluding tert-OH is 1. The molecule has 10 heteroatoms. The van der Waals surface area contributed by atoms with Crippen LogP contribution in [-0.2, 0) is 15.3 Å². The van der Waals surface area contributed by atoms with Crippen molar-refractivity contribution in [1.82, 2.24) is 10.2 Å². The lowest BCUT2D eigenvalue weighted by Crippen LogP contribution is -2.29. The Morgan fingerprint density at radius 3 is 2.69 bits per heavy atom. The number of hydrogen-bond acceptors (Lipinski definition) is 8. The third-order valence-corrected chi connectivity index (χ3v) is 8.29. The smallest absolute Gasteiger partial charge is 0.302 e. The molecule has 36 heavy (non-hydrogen) atoms.